The molecule has 2 heterocycles. The first-order chi connectivity index (χ1) is 14.5. The molecule has 0 aromatic heterocycles. The molecule has 0 amide bonds. The van der Waals surface area contributed by atoms with Crippen LogP contribution >= 0.6 is 0 Å². The highest BCUT2D eigenvalue weighted by atomic mass is 19.3. The molecule has 3 rings (SSSR count). The summed E-state index contributed by atoms with van der Waals surface area (Å²) in [5.74, 6) is -3.02. The lowest BCUT2D eigenvalue weighted by Crippen LogP contribution is -2.44. The van der Waals surface area contributed by atoms with E-state index < -0.39 is 30.3 Å². The second-order valence-electron chi connectivity index (χ2n) is 7.71. The second-order valence-corrected chi connectivity index (χ2v) is 7.71. The minimum absolute atomic E-state index is 0.0333. The van der Waals surface area contributed by atoms with E-state index in [1.165, 1.54) is 0 Å². The summed E-state index contributed by atoms with van der Waals surface area (Å²) in [6.45, 7) is 1.01. The Labute approximate surface area is 173 Å². The van der Waals surface area contributed by atoms with E-state index in [-0.39, 0.29) is 18.6 Å². The molecule has 2 saturated heterocycles. The van der Waals surface area contributed by atoms with Crippen molar-refractivity contribution in [3.05, 3.63) is 29.3 Å². The quantitative estimate of drug-likeness (QED) is 0.527. The summed E-state index contributed by atoms with van der Waals surface area (Å²) in [5.41, 5.74) is 0.304. The number of halogens is 4. The van der Waals surface area contributed by atoms with Crippen LogP contribution in [0.4, 0.5) is 17.6 Å². The van der Waals surface area contributed by atoms with E-state index in [0.717, 1.165) is 31.4 Å². The molecule has 2 fully saturated rings. The Morgan fingerprint density at radius 1 is 0.967 bits per heavy atom. The molecule has 0 N–H and O–H groups in total. The van der Waals surface area contributed by atoms with E-state index in [2.05, 4.69) is 11.7 Å². The van der Waals surface area contributed by atoms with Crippen LogP contribution in [-0.2, 0) is 25.4 Å². The minimum Gasteiger partial charge on any atom is -0.429 e. The van der Waals surface area contributed by atoms with Crippen molar-refractivity contribution >= 4 is 0 Å². The maximum atomic E-state index is 13.8. The summed E-state index contributed by atoms with van der Waals surface area (Å²) >= 11 is 0. The van der Waals surface area contributed by atoms with E-state index in [0.29, 0.717) is 44.3 Å². The summed E-state index contributed by atoms with van der Waals surface area (Å²) in [4.78, 5) is 0. The van der Waals surface area contributed by atoms with Crippen molar-refractivity contribution in [2.75, 3.05) is 26.4 Å². The Hall–Kier alpha value is -1.42. The monoisotopic (exact) mass is 436 g/mol. The van der Waals surface area contributed by atoms with Crippen molar-refractivity contribution < 1.29 is 41.2 Å². The average Bonchev–Trinajstić information content (AvgIpc) is 2.74. The Balaban J connectivity index is 1.40. The van der Waals surface area contributed by atoms with Gasteiger partial charge < -0.3 is 23.7 Å². The molecular formula is C21H28F4O5. The van der Waals surface area contributed by atoms with E-state index in [9.17, 15) is 17.6 Å². The standard InChI is InChI=1S/C21H28F4O5/c1-2-3-4-14-9-28-20(29-10-14)15-11-26-18(27-12-15)6-5-13-7-16(22)19(17(23)8-13)30-21(24)25/h7-8,14-15,18,20-21H,2-6,9-12H2,1H3/t14-,15-,18-,20-. The normalized spacial score (nSPS) is 27.4. The Morgan fingerprint density at radius 2 is 1.60 bits per heavy atom. The smallest absolute Gasteiger partial charge is 0.387 e. The molecule has 5 nitrogen and oxygen atoms in total. The number of rotatable bonds is 9. The van der Waals surface area contributed by atoms with Crippen molar-refractivity contribution in [2.45, 2.75) is 58.2 Å². The summed E-state index contributed by atoms with van der Waals surface area (Å²) in [6, 6.07) is 1.95. The molecule has 1 aromatic rings. The molecule has 1 aromatic carbocycles. The summed E-state index contributed by atoms with van der Waals surface area (Å²) in [6.07, 6.45) is 3.16. The van der Waals surface area contributed by atoms with E-state index in [1.54, 1.807) is 0 Å². The van der Waals surface area contributed by atoms with Crippen LogP contribution in [-0.4, -0.2) is 45.6 Å². The third-order valence-electron chi connectivity index (χ3n) is 5.27. The van der Waals surface area contributed by atoms with Crippen molar-refractivity contribution in [1.29, 1.82) is 0 Å². The van der Waals surface area contributed by atoms with Crippen molar-refractivity contribution in [3.63, 3.8) is 0 Å². The molecular weight excluding hydrogens is 408 g/mol. The molecule has 9 heteroatoms. The summed E-state index contributed by atoms with van der Waals surface area (Å²) in [5, 5.41) is 0. The van der Waals surface area contributed by atoms with Crippen molar-refractivity contribution in [3.8, 4) is 5.75 Å². The van der Waals surface area contributed by atoms with Gasteiger partial charge in [0.1, 0.15) is 0 Å². The molecule has 30 heavy (non-hydrogen) atoms. The van der Waals surface area contributed by atoms with Gasteiger partial charge in [0.15, 0.2) is 30.0 Å². The first-order valence-corrected chi connectivity index (χ1v) is 10.3. The fourth-order valence-corrected chi connectivity index (χ4v) is 3.61. The number of ether oxygens (including phenoxy) is 5. The fourth-order valence-electron chi connectivity index (χ4n) is 3.61. The first kappa shape index (κ1) is 23.2. The van der Waals surface area contributed by atoms with Gasteiger partial charge in [0.05, 0.1) is 32.3 Å². The number of aryl methyl sites for hydroxylation is 1. The molecule has 2 aliphatic rings. The predicted octanol–water partition coefficient (Wildman–Crippen LogP) is 4.67. The molecule has 170 valence electrons. The maximum absolute atomic E-state index is 13.8. The van der Waals surface area contributed by atoms with Crippen molar-refractivity contribution in [1.82, 2.24) is 0 Å². The van der Waals surface area contributed by atoms with Gasteiger partial charge in [0, 0.05) is 12.3 Å². The van der Waals surface area contributed by atoms with Crippen LogP contribution in [0, 0.1) is 23.5 Å². The van der Waals surface area contributed by atoms with Crippen LogP contribution in [0.3, 0.4) is 0 Å². The third kappa shape index (κ3) is 6.54. The largest absolute Gasteiger partial charge is 0.429 e. The van der Waals surface area contributed by atoms with Gasteiger partial charge in [-0.1, -0.05) is 19.8 Å². The van der Waals surface area contributed by atoms with Gasteiger partial charge in [-0.15, -0.1) is 0 Å². The van der Waals surface area contributed by atoms with E-state index >= 15 is 0 Å². The van der Waals surface area contributed by atoms with Gasteiger partial charge in [-0.2, -0.15) is 8.78 Å². The number of benzene rings is 1. The molecule has 0 bridgehead atoms. The highest BCUT2D eigenvalue weighted by Gasteiger charge is 2.33. The number of unbranched alkanes of at least 4 members (excludes halogenated alkanes) is 1. The van der Waals surface area contributed by atoms with Crippen molar-refractivity contribution in [2.24, 2.45) is 11.8 Å². The summed E-state index contributed by atoms with van der Waals surface area (Å²) in [7, 11) is 0. The molecule has 0 atom stereocenters. The second kappa shape index (κ2) is 11.3. The van der Waals surface area contributed by atoms with Crippen LogP contribution < -0.4 is 4.74 Å². The maximum Gasteiger partial charge on any atom is 0.387 e. The molecule has 0 radical (unpaired) electrons. The topological polar surface area (TPSA) is 46.2 Å². The molecule has 2 aliphatic heterocycles. The molecule has 0 aliphatic carbocycles. The molecule has 0 spiro atoms. The van der Waals surface area contributed by atoms with Crippen LogP contribution in [0.5, 0.6) is 5.75 Å². The van der Waals surface area contributed by atoms with Gasteiger partial charge in [-0.05, 0) is 30.5 Å². The number of alkyl halides is 2. The van der Waals surface area contributed by atoms with Gasteiger partial charge in [0.25, 0.3) is 0 Å². The predicted molar refractivity (Wildman–Crippen MR) is 99.2 cm³/mol. The molecule has 0 saturated carbocycles. The lowest BCUT2D eigenvalue weighted by atomic mass is 10.0. The van der Waals surface area contributed by atoms with Gasteiger partial charge in [-0.25, -0.2) is 8.78 Å². The lowest BCUT2D eigenvalue weighted by molar-refractivity contribution is -0.281. The Kier molecular flexibility index (Phi) is 8.73. The van der Waals surface area contributed by atoms with E-state index in [1.807, 2.05) is 0 Å². The van der Waals surface area contributed by atoms with Crippen LogP contribution in [0.15, 0.2) is 12.1 Å². The minimum atomic E-state index is -3.30. The number of hydrogen-bond acceptors (Lipinski definition) is 5. The SMILES string of the molecule is CCCC[C@H]1CO[C@H]([C@H]2CO[C@H](CCc3cc(F)c(OC(F)F)c(F)c3)OC2)OC1. The van der Waals surface area contributed by atoms with Gasteiger partial charge in [-0.3, -0.25) is 0 Å². The Bertz CT molecular complexity index is 636. The Morgan fingerprint density at radius 3 is 2.17 bits per heavy atom. The third-order valence-corrected chi connectivity index (χ3v) is 5.27. The zero-order valence-corrected chi connectivity index (χ0v) is 17.0. The highest BCUT2D eigenvalue weighted by Crippen LogP contribution is 2.28. The lowest BCUT2D eigenvalue weighted by Gasteiger charge is -2.37. The fraction of sp³-hybridized carbons (Fsp3) is 0.714. The zero-order valence-electron chi connectivity index (χ0n) is 17.0. The first-order valence-electron chi connectivity index (χ1n) is 10.3. The number of hydrogen-bond donors (Lipinski definition) is 0. The van der Waals surface area contributed by atoms with Crippen LogP contribution in [0.1, 0.15) is 38.2 Å². The van der Waals surface area contributed by atoms with Gasteiger partial charge >= 0.3 is 6.61 Å². The van der Waals surface area contributed by atoms with Gasteiger partial charge in [0.2, 0.25) is 0 Å². The zero-order chi connectivity index (χ0) is 21.5. The van der Waals surface area contributed by atoms with Crippen LogP contribution in [0.25, 0.3) is 0 Å². The molecule has 0 unspecified atom stereocenters. The average molecular weight is 436 g/mol. The van der Waals surface area contributed by atoms with E-state index in [4.69, 9.17) is 18.9 Å². The van der Waals surface area contributed by atoms with Crippen LogP contribution in [0.2, 0.25) is 0 Å². The highest BCUT2D eigenvalue weighted by molar-refractivity contribution is 5.31. The summed E-state index contributed by atoms with van der Waals surface area (Å²) < 4.78 is 78.9.